The first-order chi connectivity index (χ1) is 9.45. The van der Waals surface area contributed by atoms with Crippen LogP contribution < -0.4 is 5.32 Å². The van der Waals surface area contributed by atoms with Gasteiger partial charge in [0.2, 0.25) is 0 Å². The Kier molecular flexibility index (Phi) is 5.10. The molecule has 5 heteroatoms. The summed E-state index contributed by atoms with van der Waals surface area (Å²) in [5.41, 5.74) is 2.50. The Morgan fingerprint density at radius 3 is 2.50 bits per heavy atom. The molecule has 0 aromatic carbocycles. The van der Waals surface area contributed by atoms with Crippen LogP contribution in [0.1, 0.15) is 38.1 Å². The molecule has 1 saturated heterocycles. The molecule has 114 valence electrons. The van der Waals surface area contributed by atoms with E-state index < -0.39 is 0 Å². The molecule has 20 heavy (non-hydrogen) atoms. The molecule has 1 N–H and O–H groups in total. The van der Waals surface area contributed by atoms with Crippen LogP contribution in [-0.4, -0.2) is 41.4 Å². The van der Waals surface area contributed by atoms with Crippen LogP contribution in [0.2, 0.25) is 5.02 Å². The number of aryl methyl sites for hydroxylation is 2. The largest absolute Gasteiger partial charge is 0.311 e. The number of halogens is 1. The van der Waals surface area contributed by atoms with Gasteiger partial charge in [-0.25, -0.2) is 0 Å². The third-order valence-corrected chi connectivity index (χ3v) is 4.98. The van der Waals surface area contributed by atoms with E-state index in [4.69, 9.17) is 11.6 Å². The average Bonchev–Trinajstić information content (AvgIpc) is 2.70. The number of aromatic nitrogens is 2. The summed E-state index contributed by atoms with van der Waals surface area (Å²) in [4.78, 5) is 2.41. The molecule has 0 atom stereocenters. The highest BCUT2D eigenvalue weighted by molar-refractivity contribution is 6.31. The van der Waals surface area contributed by atoms with Gasteiger partial charge in [-0.05, 0) is 44.8 Å². The molecule has 0 saturated carbocycles. The lowest BCUT2D eigenvalue weighted by Gasteiger charge is -2.38. The van der Waals surface area contributed by atoms with E-state index in [-0.39, 0.29) is 0 Å². The third-order valence-electron chi connectivity index (χ3n) is 4.54. The molecule has 1 aromatic rings. The monoisotopic (exact) mass is 298 g/mol. The van der Waals surface area contributed by atoms with Crippen molar-refractivity contribution in [1.29, 1.82) is 0 Å². The van der Waals surface area contributed by atoms with Gasteiger partial charge in [-0.2, -0.15) is 5.10 Å². The minimum atomic E-state index is 0.408. The zero-order chi connectivity index (χ0) is 14.8. The van der Waals surface area contributed by atoms with Gasteiger partial charge in [0.1, 0.15) is 0 Å². The number of nitrogens with one attached hydrogen (secondary N) is 1. The van der Waals surface area contributed by atoms with Crippen molar-refractivity contribution in [1.82, 2.24) is 20.0 Å². The zero-order valence-electron chi connectivity index (χ0n) is 13.2. The summed E-state index contributed by atoms with van der Waals surface area (Å²) >= 11 is 6.38. The number of piperidine rings is 1. The molecule has 0 radical (unpaired) electrons. The van der Waals surface area contributed by atoms with Crippen molar-refractivity contribution in [3.63, 3.8) is 0 Å². The lowest BCUT2D eigenvalue weighted by atomic mass is 9.80. The van der Waals surface area contributed by atoms with Gasteiger partial charge in [0, 0.05) is 20.1 Å². The van der Waals surface area contributed by atoms with Crippen molar-refractivity contribution in [2.45, 2.75) is 39.7 Å². The molecule has 0 spiro atoms. The maximum atomic E-state index is 6.38. The van der Waals surface area contributed by atoms with E-state index in [1.807, 2.05) is 11.7 Å². The fourth-order valence-corrected chi connectivity index (χ4v) is 3.19. The summed E-state index contributed by atoms with van der Waals surface area (Å²) < 4.78 is 1.91. The van der Waals surface area contributed by atoms with Crippen LogP contribution in [0.3, 0.4) is 0 Å². The van der Waals surface area contributed by atoms with E-state index in [1.165, 1.54) is 25.9 Å². The highest BCUT2D eigenvalue weighted by Crippen LogP contribution is 2.29. The molecule has 0 amide bonds. The van der Waals surface area contributed by atoms with Crippen molar-refractivity contribution in [2.24, 2.45) is 12.5 Å². The van der Waals surface area contributed by atoms with Gasteiger partial charge in [-0.15, -0.1) is 0 Å². The normalized spacial score (nSPS) is 19.4. The van der Waals surface area contributed by atoms with Crippen molar-refractivity contribution < 1.29 is 0 Å². The Labute approximate surface area is 127 Å². The molecule has 2 rings (SSSR count). The van der Waals surface area contributed by atoms with E-state index in [0.717, 1.165) is 35.9 Å². The van der Waals surface area contributed by atoms with Crippen molar-refractivity contribution in [2.75, 3.05) is 26.7 Å². The van der Waals surface area contributed by atoms with Gasteiger partial charge in [0.05, 0.1) is 16.4 Å². The van der Waals surface area contributed by atoms with Gasteiger partial charge in [0.15, 0.2) is 0 Å². The predicted molar refractivity (Wildman–Crippen MR) is 84.1 cm³/mol. The molecule has 0 aliphatic carbocycles. The lowest BCUT2D eigenvalue weighted by molar-refractivity contribution is 0.136. The predicted octanol–water partition coefficient (Wildman–Crippen LogP) is 2.46. The van der Waals surface area contributed by atoms with Crippen LogP contribution in [0.25, 0.3) is 0 Å². The Morgan fingerprint density at radius 2 is 1.95 bits per heavy atom. The number of rotatable bonds is 5. The number of hydrogen-bond acceptors (Lipinski definition) is 3. The molecule has 1 aliphatic heterocycles. The Morgan fingerprint density at radius 1 is 1.30 bits per heavy atom. The van der Waals surface area contributed by atoms with Crippen molar-refractivity contribution in [3.05, 3.63) is 16.4 Å². The molecule has 0 bridgehead atoms. The summed E-state index contributed by atoms with van der Waals surface area (Å²) in [6.45, 7) is 8.72. The average molecular weight is 299 g/mol. The van der Waals surface area contributed by atoms with E-state index in [2.05, 4.69) is 36.2 Å². The minimum Gasteiger partial charge on any atom is -0.311 e. The molecule has 0 unspecified atom stereocenters. The Balaban J connectivity index is 1.88. The molecule has 4 nitrogen and oxygen atoms in total. The summed E-state index contributed by atoms with van der Waals surface area (Å²) in [6.07, 6.45) is 3.41. The Hall–Kier alpha value is -0.580. The molecule has 1 fully saturated rings. The van der Waals surface area contributed by atoms with Gasteiger partial charge in [-0.1, -0.05) is 25.4 Å². The second-order valence-corrected chi connectivity index (χ2v) is 6.78. The first kappa shape index (κ1) is 15.8. The van der Waals surface area contributed by atoms with E-state index in [0.29, 0.717) is 5.41 Å². The van der Waals surface area contributed by atoms with Crippen molar-refractivity contribution in [3.8, 4) is 0 Å². The summed E-state index contributed by atoms with van der Waals surface area (Å²) in [5.74, 6) is 0. The third kappa shape index (κ3) is 3.54. The highest BCUT2D eigenvalue weighted by atomic mass is 35.5. The quantitative estimate of drug-likeness (QED) is 0.906. The van der Waals surface area contributed by atoms with E-state index in [9.17, 15) is 0 Å². The molecule has 2 heterocycles. The fraction of sp³-hybridized carbons (Fsp3) is 0.800. The maximum absolute atomic E-state index is 6.38. The van der Waals surface area contributed by atoms with Crippen LogP contribution >= 0.6 is 11.6 Å². The van der Waals surface area contributed by atoms with Gasteiger partial charge in [-0.3, -0.25) is 4.68 Å². The summed E-state index contributed by atoms with van der Waals surface area (Å²) in [5, 5.41) is 8.87. The van der Waals surface area contributed by atoms with Gasteiger partial charge < -0.3 is 10.2 Å². The second kappa shape index (κ2) is 6.46. The first-order valence-corrected chi connectivity index (χ1v) is 7.92. The SMILES string of the molecule is CCc1nn(C)c(CNCC2(C)CCN(C)CC2)c1Cl. The number of likely N-dealkylation sites (tertiary alicyclic amines) is 1. The Bertz CT molecular complexity index is 447. The van der Waals surface area contributed by atoms with Gasteiger partial charge in [0.25, 0.3) is 0 Å². The van der Waals surface area contributed by atoms with Crippen LogP contribution in [0, 0.1) is 5.41 Å². The topological polar surface area (TPSA) is 33.1 Å². The smallest absolute Gasteiger partial charge is 0.0863 e. The minimum absolute atomic E-state index is 0.408. The fourth-order valence-electron chi connectivity index (χ4n) is 2.83. The van der Waals surface area contributed by atoms with Crippen LogP contribution in [0.15, 0.2) is 0 Å². The van der Waals surface area contributed by atoms with E-state index in [1.54, 1.807) is 0 Å². The highest BCUT2D eigenvalue weighted by Gasteiger charge is 2.28. The van der Waals surface area contributed by atoms with Crippen LogP contribution in [-0.2, 0) is 20.0 Å². The standard InChI is InChI=1S/C15H27ClN4/c1-5-12-14(16)13(20(4)18-12)10-17-11-15(2)6-8-19(3)9-7-15/h17H,5-11H2,1-4H3. The first-order valence-electron chi connectivity index (χ1n) is 7.55. The lowest BCUT2D eigenvalue weighted by Crippen LogP contribution is -2.42. The van der Waals surface area contributed by atoms with Crippen LogP contribution in [0.4, 0.5) is 0 Å². The molecular weight excluding hydrogens is 272 g/mol. The number of nitrogens with zero attached hydrogens (tertiary/aromatic N) is 3. The van der Waals surface area contributed by atoms with Crippen LogP contribution in [0.5, 0.6) is 0 Å². The van der Waals surface area contributed by atoms with Gasteiger partial charge >= 0.3 is 0 Å². The zero-order valence-corrected chi connectivity index (χ0v) is 13.9. The maximum Gasteiger partial charge on any atom is 0.0863 e. The molecular formula is C15H27ClN4. The summed E-state index contributed by atoms with van der Waals surface area (Å²) in [7, 11) is 4.17. The van der Waals surface area contributed by atoms with Crippen molar-refractivity contribution >= 4 is 11.6 Å². The molecule has 1 aliphatic rings. The number of hydrogen-bond donors (Lipinski definition) is 1. The summed E-state index contributed by atoms with van der Waals surface area (Å²) in [6, 6.07) is 0. The molecule has 1 aromatic heterocycles. The van der Waals surface area contributed by atoms with E-state index >= 15 is 0 Å². The second-order valence-electron chi connectivity index (χ2n) is 6.40.